The summed E-state index contributed by atoms with van der Waals surface area (Å²) in [6.45, 7) is 0. The van der Waals surface area contributed by atoms with Crippen LogP contribution in [0.15, 0.2) is 47.2 Å². The maximum atomic E-state index is 5.92. The summed E-state index contributed by atoms with van der Waals surface area (Å²) < 4.78 is 1.00. The lowest BCUT2D eigenvalue weighted by Gasteiger charge is -2.02. The molecule has 0 saturated carbocycles. The van der Waals surface area contributed by atoms with Crippen LogP contribution in [0.4, 0.5) is 0 Å². The first kappa shape index (κ1) is 10.7. The Morgan fingerprint density at radius 1 is 1.13 bits per heavy atom. The van der Waals surface area contributed by atoms with Crippen molar-refractivity contribution < 1.29 is 0 Å². The Hall–Kier alpha value is -0.860. The molecular weight excluding hydrogens is 273 g/mol. The van der Waals surface area contributed by atoms with Gasteiger partial charge in [-0.1, -0.05) is 23.7 Å². The van der Waals surface area contributed by atoms with E-state index in [4.69, 9.17) is 11.6 Å². The Balaban J connectivity index is 2.22. The summed E-state index contributed by atoms with van der Waals surface area (Å²) in [6, 6.07) is 9.94. The predicted molar refractivity (Wildman–Crippen MR) is 66.2 cm³/mol. The van der Waals surface area contributed by atoms with Gasteiger partial charge in [-0.15, -0.1) is 0 Å². The lowest BCUT2D eigenvalue weighted by atomic mass is 10.1. The highest BCUT2D eigenvalue weighted by Crippen LogP contribution is 2.16. The van der Waals surface area contributed by atoms with Crippen LogP contribution in [0.25, 0.3) is 0 Å². The standard InChI is InChI=1S/C12H9BrClN/c13-11-5-10(7-15-8-11)4-9-2-1-3-12(14)6-9/h1-3,5-8H,4H2. The third-order valence-corrected chi connectivity index (χ3v) is 2.73. The monoisotopic (exact) mass is 281 g/mol. The number of benzene rings is 1. The molecule has 0 spiro atoms. The maximum absolute atomic E-state index is 5.92. The summed E-state index contributed by atoms with van der Waals surface area (Å²) in [4.78, 5) is 4.12. The van der Waals surface area contributed by atoms with E-state index in [2.05, 4.69) is 33.0 Å². The van der Waals surface area contributed by atoms with Gasteiger partial charge in [-0.25, -0.2) is 0 Å². The second-order valence-corrected chi connectivity index (χ2v) is 4.67. The Kier molecular flexibility index (Phi) is 3.39. The van der Waals surface area contributed by atoms with Gasteiger partial charge in [0.2, 0.25) is 0 Å². The van der Waals surface area contributed by atoms with Crippen LogP contribution in [0.2, 0.25) is 5.02 Å². The van der Waals surface area contributed by atoms with Gasteiger partial charge < -0.3 is 0 Å². The van der Waals surface area contributed by atoms with Gasteiger partial charge in [0.05, 0.1) is 0 Å². The lowest BCUT2D eigenvalue weighted by Crippen LogP contribution is -1.89. The summed E-state index contributed by atoms with van der Waals surface area (Å²) in [5.41, 5.74) is 2.37. The molecule has 1 heterocycles. The molecule has 0 fully saturated rings. The number of rotatable bonds is 2. The van der Waals surface area contributed by atoms with Gasteiger partial charge in [0.15, 0.2) is 0 Å². The highest BCUT2D eigenvalue weighted by Gasteiger charge is 1.98. The minimum atomic E-state index is 0.774. The number of hydrogen-bond donors (Lipinski definition) is 0. The average Bonchev–Trinajstić information content (AvgIpc) is 2.17. The summed E-state index contributed by atoms with van der Waals surface area (Å²) in [5, 5.41) is 0.774. The summed E-state index contributed by atoms with van der Waals surface area (Å²) in [6.07, 6.45) is 4.50. The molecule has 0 amide bonds. The van der Waals surface area contributed by atoms with E-state index in [-0.39, 0.29) is 0 Å². The quantitative estimate of drug-likeness (QED) is 0.808. The number of hydrogen-bond acceptors (Lipinski definition) is 1. The van der Waals surface area contributed by atoms with Crippen molar-refractivity contribution in [1.29, 1.82) is 0 Å². The first-order valence-electron chi connectivity index (χ1n) is 4.58. The fourth-order valence-corrected chi connectivity index (χ4v) is 2.06. The van der Waals surface area contributed by atoms with Crippen molar-refractivity contribution in [3.63, 3.8) is 0 Å². The molecule has 0 saturated heterocycles. The van der Waals surface area contributed by atoms with Crippen LogP contribution in [0.1, 0.15) is 11.1 Å². The Morgan fingerprint density at radius 3 is 2.73 bits per heavy atom. The molecule has 0 atom stereocenters. The van der Waals surface area contributed by atoms with Crippen molar-refractivity contribution in [2.75, 3.05) is 0 Å². The topological polar surface area (TPSA) is 12.9 Å². The number of pyridine rings is 1. The van der Waals surface area contributed by atoms with Crippen molar-refractivity contribution in [1.82, 2.24) is 4.98 Å². The average molecular weight is 283 g/mol. The van der Waals surface area contributed by atoms with Crippen LogP contribution in [-0.4, -0.2) is 4.98 Å². The number of aromatic nitrogens is 1. The first-order valence-corrected chi connectivity index (χ1v) is 5.75. The molecule has 2 rings (SSSR count). The molecule has 15 heavy (non-hydrogen) atoms. The van der Waals surface area contributed by atoms with Crippen molar-refractivity contribution in [2.45, 2.75) is 6.42 Å². The molecule has 0 aliphatic heterocycles. The maximum Gasteiger partial charge on any atom is 0.0410 e. The summed E-state index contributed by atoms with van der Waals surface area (Å²) in [7, 11) is 0. The molecule has 0 aliphatic carbocycles. The third-order valence-electron chi connectivity index (χ3n) is 2.06. The normalized spacial score (nSPS) is 10.3. The zero-order chi connectivity index (χ0) is 10.7. The van der Waals surface area contributed by atoms with Crippen molar-refractivity contribution in [3.05, 3.63) is 63.3 Å². The van der Waals surface area contributed by atoms with Gasteiger partial charge in [-0.3, -0.25) is 4.98 Å². The Morgan fingerprint density at radius 2 is 2.00 bits per heavy atom. The lowest BCUT2D eigenvalue weighted by molar-refractivity contribution is 1.14. The molecule has 0 unspecified atom stereocenters. The van der Waals surface area contributed by atoms with E-state index >= 15 is 0 Å². The van der Waals surface area contributed by atoms with Gasteiger partial charge >= 0.3 is 0 Å². The van der Waals surface area contributed by atoms with Crippen LogP contribution in [-0.2, 0) is 6.42 Å². The molecule has 2 aromatic rings. The zero-order valence-electron chi connectivity index (χ0n) is 7.95. The second-order valence-electron chi connectivity index (χ2n) is 3.32. The van der Waals surface area contributed by atoms with Crippen LogP contribution < -0.4 is 0 Å². The summed E-state index contributed by atoms with van der Waals surface area (Å²) in [5.74, 6) is 0. The number of nitrogens with zero attached hydrogens (tertiary/aromatic N) is 1. The van der Waals surface area contributed by atoms with E-state index in [0.29, 0.717) is 0 Å². The van der Waals surface area contributed by atoms with Crippen LogP contribution in [0.3, 0.4) is 0 Å². The van der Waals surface area contributed by atoms with Crippen LogP contribution in [0, 0.1) is 0 Å². The molecule has 3 heteroatoms. The second kappa shape index (κ2) is 4.77. The van der Waals surface area contributed by atoms with Crippen molar-refractivity contribution in [2.24, 2.45) is 0 Å². The highest BCUT2D eigenvalue weighted by molar-refractivity contribution is 9.10. The molecular formula is C12H9BrClN. The SMILES string of the molecule is Clc1cccc(Cc2cncc(Br)c2)c1. The predicted octanol–water partition coefficient (Wildman–Crippen LogP) is 4.09. The molecule has 0 bridgehead atoms. The highest BCUT2D eigenvalue weighted by atomic mass is 79.9. The van der Waals surface area contributed by atoms with Gasteiger partial charge in [0.25, 0.3) is 0 Å². The summed E-state index contributed by atoms with van der Waals surface area (Å²) >= 11 is 9.32. The fraction of sp³-hybridized carbons (Fsp3) is 0.0833. The molecule has 0 radical (unpaired) electrons. The fourth-order valence-electron chi connectivity index (χ4n) is 1.44. The zero-order valence-corrected chi connectivity index (χ0v) is 10.3. The Bertz CT molecular complexity index is 427. The van der Waals surface area contributed by atoms with Crippen molar-refractivity contribution in [3.8, 4) is 0 Å². The van der Waals surface area contributed by atoms with E-state index < -0.39 is 0 Å². The first-order chi connectivity index (χ1) is 7.24. The molecule has 1 nitrogen and oxygen atoms in total. The van der Waals surface area contributed by atoms with E-state index in [1.54, 1.807) is 6.20 Å². The minimum absolute atomic E-state index is 0.774. The third kappa shape index (κ3) is 3.05. The molecule has 0 N–H and O–H groups in total. The van der Waals surface area contributed by atoms with E-state index in [0.717, 1.165) is 15.9 Å². The Labute approximate surface area is 102 Å². The van der Waals surface area contributed by atoms with Crippen LogP contribution in [0.5, 0.6) is 0 Å². The molecule has 76 valence electrons. The molecule has 0 aliphatic rings. The smallest absolute Gasteiger partial charge is 0.0410 e. The van der Waals surface area contributed by atoms with E-state index in [1.807, 2.05) is 24.4 Å². The molecule has 1 aromatic heterocycles. The van der Waals surface area contributed by atoms with Gasteiger partial charge in [-0.05, 0) is 51.7 Å². The van der Waals surface area contributed by atoms with Gasteiger partial charge in [0.1, 0.15) is 0 Å². The van der Waals surface area contributed by atoms with E-state index in [1.165, 1.54) is 11.1 Å². The van der Waals surface area contributed by atoms with Gasteiger partial charge in [-0.2, -0.15) is 0 Å². The molecule has 1 aromatic carbocycles. The van der Waals surface area contributed by atoms with Crippen molar-refractivity contribution >= 4 is 27.5 Å². The van der Waals surface area contributed by atoms with E-state index in [9.17, 15) is 0 Å². The largest absolute Gasteiger partial charge is 0.263 e. The number of halogens is 2. The van der Waals surface area contributed by atoms with Crippen LogP contribution >= 0.6 is 27.5 Å². The van der Waals surface area contributed by atoms with Gasteiger partial charge in [0, 0.05) is 21.9 Å². The minimum Gasteiger partial charge on any atom is -0.263 e.